The molecule has 2 heterocycles. The van der Waals surface area contributed by atoms with Crippen LogP contribution < -0.4 is 5.32 Å². The van der Waals surface area contributed by atoms with Crippen molar-refractivity contribution >= 4 is 5.82 Å². The van der Waals surface area contributed by atoms with Crippen LogP contribution in [0.2, 0.25) is 0 Å². The Morgan fingerprint density at radius 1 is 1.31 bits per heavy atom. The number of nitrogens with zero attached hydrogens (tertiary/aromatic N) is 5. The van der Waals surface area contributed by atoms with Gasteiger partial charge in [-0.25, -0.2) is 14.6 Å². The number of hydrogen-bond donors (Lipinski definition) is 1. The minimum Gasteiger partial charge on any atom is -0.368 e. The summed E-state index contributed by atoms with van der Waals surface area (Å²) in [6.45, 7) is 2.98. The molecule has 0 fully saturated rings. The number of anilines is 1. The molecule has 2 aromatic heterocycles. The van der Waals surface area contributed by atoms with Crippen LogP contribution in [-0.4, -0.2) is 31.5 Å². The van der Waals surface area contributed by atoms with Crippen molar-refractivity contribution in [2.24, 2.45) is 7.05 Å². The number of hydrogen-bond acceptors (Lipinski definition) is 5. The Balaban J connectivity index is 2.37. The number of rotatable bonds is 4. The standard InChI is InChI=1S/C10H14N6/c1-3-4-12-10-9(11-5-6-13-10)8-7-14-15-16(8)2/h5-7H,3-4H2,1-2H3,(H,12,13). The summed E-state index contributed by atoms with van der Waals surface area (Å²) in [6, 6.07) is 0. The van der Waals surface area contributed by atoms with Gasteiger partial charge < -0.3 is 5.32 Å². The van der Waals surface area contributed by atoms with Gasteiger partial charge in [-0.15, -0.1) is 5.10 Å². The second-order valence-electron chi connectivity index (χ2n) is 3.42. The van der Waals surface area contributed by atoms with Crippen molar-refractivity contribution in [3.8, 4) is 11.4 Å². The molecule has 0 aromatic carbocycles. The average molecular weight is 218 g/mol. The lowest BCUT2D eigenvalue weighted by molar-refractivity contribution is 0.719. The van der Waals surface area contributed by atoms with Gasteiger partial charge in [0.25, 0.3) is 0 Å². The third kappa shape index (κ3) is 2.00. The second kappa shape index (κ2) is 4.69. The van der Waals surface area contributed by atoms with Crippen LogP contribution in [0.1, 0.15) is 13.3 Å². The fourth-order valence-electron chi connectivity index (χ4n) is 1.40. The molecule has 2 rings (SSSR count). The lowest BCUT2D eigenvalue weighted by Gasteiger charge is -2.08. The van der Waals surface area contributed by atoms with Gasteiger partial charge in [0.05, 0.1) is 6.20 Å². The summed E-state index contributed by atoms with van der Waals surface area (Å²) in [5, 5.41) is 11.0. The molecule has 0 bridgehead atoms. The van der Waals surface area contributed by atoms with Gasteiger partial charge in [0.1, 0.15) is 11.4 Å². The monoisotopic (exact) mass is 218 g/mol. The summed E-state index contributed by atoms with van der Waals surface area (Å²) in [6.07, 6.45) is 6.06. The van der Waals surface area contributed by atoms with E-state index >= 15 is 0 Å². The molecule has 2 aromatic rings. The Bertz CT molecular complexity index is 464. The molecule has 0 atom stereocenters. The Morgan fingerprint density at radius 2 is 2.12 bits per heavy atom. The van der Waals surface area contributed by atoms with Crippen molar-refractivity contribution in [2.45, 2.75) is 13.3 Å². The molecule has 6 heteroatoms. The summed E-state index contributed by atoms with van der Waals surface area (Å²) in [5.74, 6) is 0.773. The van der Waals surface area contributed by atoms with Crippen LogP contribution in [-0.2, 0) is 7.05 Å². The molecule has 0 amide bonds. The van der Waals surface area contributed by atoms with Crippen LogP contribution in [0.3, 0.4) is 0 Å². The van der Waals surface area contributed by atoms with Crippen LogP contribution in [0, 0.1) is 0 Å². The molecule has 0 aliphatic heterocycles. The molecular weight excluding hydrogens is 204 g/mol. The zero-order valence-electron chi connectivity index (χ0n) is 9.38. The second-order valence-corrected chi connectivity index (χ2v) is 3.42. The van der Waals surface area contributed by atoms with Gasteiger partial charge in [-0.05, 0) is 6.42 Å². The van der Waals surface area contributed by atoms with Crippen molar-refractivity contribution in [3.05, 3.63) is 18.6 Å². The smallest absolute Gasteiger partial charge is 0.154 e. The molecule has 0 unspecified atom stereocenters. The maximum Gasteiger partial charge on any atom is 0.154 e. The molecular formula is C10H14N6. The first-order valence-corrected chi connectivity index (χ1v) is 5.23. The third-order valence-electron chi connectivity index (χ3n) is 2.20. The lowest BCUT2D eigenvalue weighted by Crippen LogP contribution is -2.06. The zero-order chi connectivity index (χ0) is 11.4. The van der Waals surface area contributed by atoms with Gasteiger partial charge in [0.2, 0.25) is 0 Å². The highest BCUT2D eigenvalue weighted by Gasteiger charge is 2.11. The van der Waals surface area contributed by atoms with Crippen molar-refractivity contribution < 1.29 is 0 Å². The maximum atomic E-state index is 4.31. The van der Waals surface area contributed by atoms with Crippen LogP contribution in [0.5, 0.6) is 0 Å². The topological polar surface area (TPSA) is 68.5 Å². The first kappa shape index (κ1) is 10.5. The molecule has 0 saturated carbocycles. The summed E-state index contributed by atoms with van der Waals surface area (Å²) in [4.78, 5) is 8.58. The van der Waals surface area contributed by atoms with Gasteiger partial charge >= 0.3 is 0 Å². The normalized spacial score (nSPS) is 10.4. The highest BCUT2D eigenvalue weighted by Crippen LogP contribution is 2.21. The van der Waals surface area contributed by atoms with Crippen LogP contribution in [0.25, 0.3) is 11.4 Å². The van der Waals surface area contributed by atoms with E-state index in [2.05, 4.69) is 32.5 Å². The molecule has 16 heavy (non-hydrogen) atoms. The van der Waals surface area contributed by atoms with Gasteiger partial charge in [-0.2, -0.15) is 0 Å². The van der Waals surface area contributed by atoms with E-state index in [1.54, 1.807) is 23.3 Å². The molecule has 0 aliphatic carbocycles. The molecule has 84 valence electrons. The highest BCUT2D eigenvalue weighted by molar-refractivity contribution is 5.67. The predicted octanol–water partition coefficient (Wildman–Crippen LogP) is 1.09. The predicted molar refractivity (Wildman–Crippen MR) is 60.8 cm³/mol. The van der Waals surface area contributed by atoms with E-state index in [9.17, 15) is 0 Å². The fourth-order valence-corrected chi connectivity index (χ4v) is 1.40. The summed E-state index contributed by atoms with van der Waals surface area (Å²) >= 11 is 0. The number of nitrogens with one attached hydrogen (secondary N) is 1. The van der Waals surface area contributed by atoms with Crippen LogP contribution in [0.4, 0.5) is 5.82 Å². The van der Waals surface area contributed by atoms with E-state index in [1.165, 1.54) is 0 Å². The molecule has 1 N–H and O–H groups in total. The van der Waals surface area contributed by atoms with Gasteiger partial charge in [-0.1, -0.05) is 12.1 Å². The Hall–Kier alpha value is -1.98. The number of aromatic nitrogens is 5. The molecule has 6 nitrogen and oxygen atoms in total. The van der Waals surface area contributed by atoms with Crippen LogP contribution >= 0.6 is 0 Å². The highest BCUT2D eigenvalue weighted by atomic mass is 15.4. The van der Waals surface area contributed by atoms with Crippen molar-refractivity contribution in [1.82, 2.24) is 25.0 Å². The Morgan fingerprint density at radius 3 is 2.81 bits per heavy atom. The van der Waals surface area contributed by atoms with E-state index in [0.717, 1.165) is 30.2 Å². The summed E-state index contributed by atoms with van der Waals surface area (Å²) < 4.78 is 1.68. The molecule has 0 spiro atoms. The zero-order valence-corrected chi connectivity index (χ0v) is 9.38. The van der Waals surface area contributed by atoms with Gasteiger partial charge in [0.15, 0.2) is 5.82 Å². The van der Waals surface area contributed by atoms with E-state index in [4.69, 9.17) is 0 Å². The first-order valence-electron chi connectivity index (χ1n) is 5.23. The molecule has 0 saturated heterocycles. The Labute approximate surface area is 93.7 Å². The quantitative estimate of drug-likeness (QED) is 0.832. The largest absolute Gasteiger partial charge is 0.368 e. The minimum absolute atomic E-state index is 0.773. The minimum atomic E-state index is 0.773. The summed E-state index contributed by atoms with van der Waals surface area (Å²) in [7, 11) is 1.83. The van der Waals surface area contributed by atoms with Crippen molar-refractivity contribution in [3.63, 3.8) is 0 Å². The van der Waals surface area contributed by atoms with Gasteiger partial charge in [0, 0.05) is 26.0 Å². The maximum absolute atomic E-state index is 4.31. The Kier molecular flexibility index (Phi) is 3.09. The third-order valence-corrected chi connectivity index (χ3v) is 2.20. The van der Waals surface area contributed by atoms with E-state index in [-0.39, 0.29) is 0 Å². The van der Waals surface area contributed by atoms with Crippen molar-refractivity contribution in [1.29, 1.82) is 0 Å². The van der Waals surface area contributed by atoms with Crippen LogP contribution in [0.15, 0.2) is 18.6 Å². The van der Waals surface area contributed by atoms with E-state index in [1.807, 2.05) is 7.05 Å². The average Bonchev–Trinajstić information content (AvgIpc) is 2.73. The summed E-state index contributed by atoms with van der Waals surface area (Å²) in [5.41, 5.74) is 1.63. The van der Waals surface area contributed by atoms with E-state index < -0.39 is 0 Å². The van der Waals surface area contributed by atoms with Gasteiger partial charge in [-0.3, -0.25) is 0 Å². The molecule has 0 aliphatic rings. The van der Waals surface area contributed by atoms with E-state index in [0.29, 0.717) is 0 Å². The molecule has 0 radical (unpaired) electrons. The van der Waals surface area contributed by atoms with Crippen molar-refractivity contribution in [2.75, 3.05) is 11.9 Å². The SMILES string of the molecule is CCCNc1nccnc1-c1cnnn1C. The number of aryl methyl sites for hydroxylation is 1. The first-order chi connectivity index (χ1) is 7.83. The fraction of sp³-hybridized carbons (Fsp3) is 0.400. The lowest BCUT2D eigenvalue weighted by atomic mass is 10.3.